The zero-order valence-electron chi connectivity index (χ0n) is 19.2. The number of nitrogens with zero attached hydrogens (tertiary/aromatic N) is 3. The van der Waals surface area contributed by atoms with E-state index in [0.717, 1.165) is 12.3 Å². The Morgan fingerprint density at radius 3 is 2.42 bits per heavy atom. The molecule has 3 N–H and O–H groups in total. The van der Waals surface area contributed by atoms with Gasteiger partial charge in [0.05, 0.1) is 27.7 Å². The van der Waals surface area contributed by atoms with E-state index in [0.29, 0.717) is 23.1 Å². The number of nitro benzene ring substituents is 2. The van der Waals surface area contributed by atoms with Crippen LogP contribution in [0.3, 0.4) is 0 Å². The normalized spacial score (nSPS) is 12.3. The molecule has 1 aliphatic rings. The number of benzene rings is 3. The molecule has 0 saturated carbocycles. The summed E-state index contributed by atoms with van der Waals surface area (Å²) in [6, 6.07) is 14.4. The van der Waals surface area contributed by atoms with Gasteiger partial charge in [-0.2, -0.15) is 5.10 Å². The van der Waals surface area contributed by atoms with Gasteiger partial charge in [0.25, 0.3) is 17.5 Å². The van der Waals surface area contributed by atoms with Gasteiger partial charge in [-0.15, -0.1) is 0 Å². The van der Waals surface area contributed by atoms with Crippen molar-refractivity contribution in [2.45, 2.75) is 0 Å². The molecule has 0 aliphatic carbocycles. The summed E-state index contributed by atoms with van der Waals surface area (Å²) in [5.41, 5.74) is 0.676. The van der Waals surface area contributed by atoms with Gasteiger partial charge in [-0.25, -0.2) is 5.43 Å². The number of nitro groups is 2. The van der Waals surface area contributed by atoms with E-state index in [4.69, 9.17) is 9.47 Å². The summed E-state index contributed by atoms with van der Waals surface area (Å²) in [6.07, 6.45) is 2.15. The molecule has 0 spiro atoms. The number of ether oxygens (including phenoxy) is 2. The van der Waals surface area contributed by atoms with Crippen LogP contribution in [0.25, 0.3) is 6.08 Å². The number of phenolic OH excluding ortho intramolecular Hbond substituents is 1. The number of non-ortho nitro benzene ring substituents is 1. The quantitative estimate of drug-likeness (QED) is 0.173. The largest absolute Gasteiger partial charge is 0.502 e. The van der Waals surface area contributed by atoms with E-state index >= 15 is 0 Å². The fourth-order valence-electron chi connectivity index (χ4n) is 3.30. The molecule has 0 aromatic heterocycles. The van der Waals surface area contributed by atoms with Crippen LogP contribution in [-0.2, 0) is 4.79 Å². The number of aromatic hydroxyl groups is 1. The lowest BCUT2D eigenvalue weighted by Gasteiger charge is -2.09. The van der Waals surface area contributed by atoms with Gasteiger partial charge in [0.2, 0.25) is 12.5 Å². The molecule has 0 radical (unpaired) electrons. The highest BCUT2D eigenvalue weighted by Gasteiger charge is 2.23. The van der Waals surface area contributed by atoms with E-state index in [2.05, 4.69) is 15.8 Å². The topological polar surface area (TPSA) is 196 Å². The minimum atomic E-state index is -0.996. The van der Waals surface area contributed by atoms with Gasteiger partial charge in [-0.05, 0) is 35.9 Å². The molecule has 1 heterocycles. The zero-order chi connectivity index (χ0) is 27.2. The summed E-state index contributed by atoms with van der Waals surface area (Å²) in [4.78, 5) is 46.0. The lowest BCUT2D eigenvalue weighted by molar-refractivity contribution is -0.394. The molecule has 0 saturated heterocycles. The molecule has 14 nitrogen and oxygen atoms in total. The Bertz CT molecular complexity index is 1500. The minimum absolute atomic E-state index is 0.0396. The van der Waals surface area contributed by atoms with Crippen molar-refractivity contribution in [1.82, 2.24) is 10.7 Å². The average molecular weight is 519 g/mol. The van der Waals surface area contributed by atoms with E-state index in [-0.39, 0.29) is 23.6 Å². The van der Waals surface area contributed by atoms with Crippen LogP contribution in [0.1, 0.15) is 21.5 Å². The standard InChI is InChI=1S/C24H17N5O9/c30-22-16(10-17(28(33)34)11-19(22)29(35)36)12-25-27-24(32)18(26-23(31)15-4-2-1-3-5-15)8-14-6-7-20-21(9-14)38-13-37-20/h1-12,30H,13H2,(H,26,31)(H,27,32)/b18-8?,25-12+. The van der Waals surface area contributed by atoms with Crippen molar-refractivity contribution in [3.63, 3.8) is 0 Å². The molecular weight excluding hydrogens is 502 g/mol. The van der Waals surface area contributed by atoms with Crippen molar-refractivity contribution in [3.8, 4) is 17.2 Å². The Hall–Kier alpha value is -5.79. The predicted molar refractivity (Wildman–Crippen MR) is 132 cm³/mol. The van der Waals surface area contributed by atoms with Gasteiger partial charge in [-0.3, -0.25) is 29.8 Å². The van der Waals surface area contributed by atoms with Crippen LogP contribution in [0.4, 0.5) is 11.4 Å². The van der Waals surface area contributed by atoms with E-state index in [9.17, 15) is 34.9 Å². The highest BCUT2D eigenvalue weighted by molar-refractivity contribution is 6.05. The number of fused-ring (bicyclic) bond motifs is 1. The molecule has 3 aromatic rings. The van der Waals surface area contributed by atoms with Crippen LogP contribution in [0, 0.1) is 20.2 Å². The van der Waals surface area contributed by atoms with Crippen LogP contribution in [0.2, 0.25) is 0 Å². The van der Waals surface area contributed by atoms with Crippen molar-refractivity contribution in [2.75, 3.05) is 6.79 Å². The van der Waals surface area contributed by atoms with Crippen LogP contribution in [-0.4, -0.2) is 39.8 Å². The maximum atomic E-state index is 12.9. The molecule has 3 aromatic carbocycles. The summed E-state index contributed by atoms with van der Waals surface area (Å²) in [7, 11) is 0. The molecule has 38 heavy (non-hydrogen) atoms. The third-order valence-corrected chi connectivity index (χ3v) is 5.12. The highest BCUT2D eigenvalue weighted by atomic mass is 16.7. The van der Waals surface area contributed by atoms with Gasteiger partial charge >= 0.3 is 5.69 Å². The van der Waals surface area contributed by atoms with Crippen molar-refractivity contribution in [3.05, 3.63) is 103 Å². The van der Waals surface area contributed by atoms with Gasteiger partial charge in [0.15, 0.2) is 11.5 Å². The predicted octanol–water partition coefficient (Wildman–Crippen LogP) is 2.86. The van der Waals surface area contributed by atoms with E-state index < -0.39 is 38.8 Å². The first-order chi connectivity index (χ1) is 18.2. The van der Waals surface area contributed by atoms with Crippen LogP contribution in [0.5, 0.6) is 17.2 Å². The number of hydrogen-bond acceptors (Lipinski definition) is 10. The van der Waals surface area contributed by atoms with E-state index in [1.807, 2.05) is 0 Å². The Morgan fingerprint density at radius 2 is 1.71 bits per heavy atom. The monoisotopic (exact) mass is 519 g/mol. The Kier molecular flexibility index (Phi) is 7.23. The maximum Gasteiger partial charge on any atom is 0.318 e. The number of carbonyl (C=O) groups is 2. The summed E-state index contributed by atoms with van der Waals surface area (Å²) in [6.45, 7) is 0.0396. The molecule has 4 rings (SSSR count). The molecule has 2 amide bonds. The fraction of sp³-hybridized carbons (Fsp3) is 0.0417. The molecule has 192 valence electrons. The number of amides is 2. The Balaban J connectivity index is 1.61. The van der Waals surface area contributed by atoms with Crippen molar-refractivity contribution >= 4 is 35.5 Å². The minimum Gasteiger partial charge on any atom is -0.502 e. The van der Waals surface area contributed by atoms with E-state index in [1.165, 1.54) is 6.08 Å². The molecule has 14 heteroatoms. The number of hydrogen-bond donors (Lipinski definition) is 3. The molecular formula is C24H17N5O9. The summed E-state index contributed by atoms with van der Waals surface area (Å²) in [5, 5.41) is 38.5. The number of rotatable bonds is 8. The first kappa shape index (κ1) is 25.3. The maximum absolute atomic E-state index is 12.9. The fourth-order valence-corrected chi connectivity index (χ4v) is 3.30. The lowest BCUT2D eigenvalue weighted by atomic mass is 10.1. The number of nitrogens with one attached hydrogen (secondary N) is 2. The molecule has 0 unspecified atom stereocenters. The van der Waals surface area contributed by atoms with Gasteiger partial charge in [-0.1, -0.05) is 24.3 Å². The van der Waals surface area contributed by atoms with Gasteiger partial charge in [0, 0.05) is 11.6 Å². The van der Waals surface area contributed by atoms with Crippen molar-refractivity contribution < 1.29 is 34.0 Å². The van der Waals surface area contributed by atoms with Crippen molar-refractivity contribution in [2.24, 2.45) is 5.10 Å². The van der Waals surface area contributed by atoms with Gasteiger partial charge < -0.3 is 19.9 Å². The molecule has 1 aliphatic heterocycles. The third-order valence-electron chi connectivity index (χ3n) is 5.12. The van der Waals surface area contributed by atoms with Crippen molar-refractivity contribution in [1.29, 1.82) is 0 Å². The molecule has 0 fully saturated rings. The average Bonchev–Trinajstić information content (AvgIpc) is 3.37. The summed E-state index contributed by atoms with van der Waals surface area (Å²) < 4.78 is 10.6. The summed E-state index contributed by atoms with van der Waals surface area (Å²) in [5.74, 6) is -1.43. The first-order valence-electron chi connectivity index (χ1n) is 10.7. The third kappa shape index (κ3) is 5.71. The second kappa shape index (κ2) is 10.9. The zero-order valence-corrected chi connectivity index (χ0v) is 19.2. The van der Waals surface area contributed by atoms with Gasteiger partial charge in [0.1, 0.15) is 5.70 Å². The second-order valence-corrected chi connectivity index (χ2v) is 7.61. The molecule has 0 atom stereocenters. The lowest BCUT2D eigenvalue weighted by Crippen LogP contribution is -2.32. The summed E-state index contributed by atoms with van der Waals surface area (Å²) >= 11 is 0. The van der Waals surface area contributed by atoms with Crippen LogP contribution < -0.4 is 20.2 Å². The Morgan fingerprint density at radius 1 is 0.974 bits per heavy atom. The molecule has 0 bridgehead atoms. The number of carbonyl (C=O) groups excluding carboxylic acids is 2. The highest BCUT2D eigenvalue weighted by Crippen LogP contribution is 2.34. The number of phenols is 1. The van der Waals surface area contributed by atoms with Crippen LogP contribution >= 0.6 is 0 Å². The Labute approximate surface area is 213 Å². The van der Waals surface area contributed by atoms with Crippen LogP contribution in [0.15, 0.2) is 71.5 Å². The van der Waals surface area contributed by atoms with E-state index in [1.54, 1.807) is 48.5 Å². The number of hydrazone groups is 1. The second-order valence-electron chi connectivity index (χ2n) is 7.61. The SMILES string of the molecule is O=C(N/N=C/c1cc([N+](=O)[O-])cc([N+](=O)[O-])c1O)C(=Cc1ccc2c(c1)OCO2)NC(=O)c1ccccc1. The smallest absolute Gasteiger partial charge is 0.318 e. The first-order valence-corrected chi connectivity index (χ1v) is 10.7.